The van der Waals surface area contributed by atoms with Crippen LogP contribution in [0, 0.1) is 0 Å². The lowest BCUT2D eigenvalue weighted by Gasteiger charge is -2.32. The third kappa shape index (κ3) is 3.25. The summed E-state index contributed by atoms with van der Waals surface area (Å²) in [5.41, 5.74) is 0. The van der Waals surface area contributed by atoms with E-state index in [0.29, 0.717) is 6.04 Å². The van der Waals surface area contributed by atoms with Gasteiger partial charge in [0.1, 0.15) is 5.82 Å². The van der Waals surface area contributed by atoms with Crippen molar-refractivity contribution in [1.29, 1.82) is 0 Å². The first kappa shape index (κ1) is 11.5. The lowest BCUT2D eigenvalue weighted by atomic mass is 10.2. The Kier molecular flexibility index (Phi) is 4.25. The van der Waals surface area contributed by atoms with Gasteiger partial charge in [-0.05, 0) is 25.5 Å². The lowest BCUT2D eigenvalue weighted by molar-refractivity contribution is 0.179. The van der Waals surface area contributed by atoms with Gasteiger partial charge in [0.15, 0.2) is 0 Å². The minimum absolute atomic E-state index is 0.671. The van der Waals surface area contributed by atoms with Gasteiger partial charge in [0.2, 0.25) is 0 Å². The van der Waals surface area contributed by atoms with Crippen molar-refractivity contribution < 1.29 is 0 Å². The van der Waals surface area contributed by atoms with Gasteiger partial charge < -0.3 is 15.6 Å². The molecule has 2 heterocycles. The molecule has 0 spiro atoms. The highest BCUT2D eigenvalue weighted by molar-refractivity contribution is 5.33. The Balaban J connectivity index is 1.65. The second kappa shape index (κ2) is 5.92. The Bertz CT molecular complexity index is 277. The first-order valence-corrected chi connectivity index (χ1v) is 6.18. The average molecular weight is 222 g/mol. The van der Waals surface area contributed by atoms with Crippen LogP contribution in [0.3, 0.4) is 0 Å². The zero-order valence-electron chi connectivity index (χ0n) is 10.00. The van der Waals surface area contributed by atoms with Gasteiger partial charge in [0.25, 0.3) is 0 Å². The fourth-order valence-electron chi connectivity index (χ4n) is 2.16. The molecule has 2 rings (SSSR count). The van der Waals surface area contributed by atoms with E-state index in [4.69, 9.17) is 0 Å². The summed E-state index contributed by atoms with van der Waals surface area (Å²) in [5.74, 6) is 1.12. The Labute approximate surface area is 97.4 Å². The lowest BCUT2D eigenvalue weighted by Crippen LogP contribution is -2.47. The van der Waals surface area contributed by atoms with Crippen molar-refractivity contribution in [3.63, 3.8) is 0 Å². The number of aromatic amines is 1. The van der Waals surface area contributed by atoms with E-state index in [1.807, 2.05) is 12.3 Å². The topological polar surface area (TPSA) is 43.1 Å². The number of hydrogen-bond acceptors (Lipinski definition) is 3. The third-order valence-corrected chi connectivity index (χ3v) is 3.25. The molecule has 16 heavy (non-hydrogen) atoms. The maximum atomic E-state index is 3.40. The smallest absolute Gasteiger partial charge is 0.103 e. The van der Waals surface area contributed by atoms with E-state index in [1.54, 1.807) is 0 Å². The normalized spacial score (nSPS) is 19.6. The highest BCUT2D eigenvalue weighted by Gasteiger charge is 2.15. The average Bonchev–Trinajstić information content (AvgIpc) is 2.83. The number of nitrogens with zero attached hydrogens (tertiary/aromatic N) is 1. The molecule has 0 aromatic carbocycles. The maximum absolute atomic E-state index is 3.40. The number of aromatic nitrogens is 1. The van der Waals surface area contributed by atoms with E-state index in [0.717, 1.165) is 25.5 Å². The van der Waals surface area contributed by atoms with E-state index >= 15 is 0 Å². The van der Waals surface area contributed by atoms with Gasteiger partial charge >= 0.3 is 0 Å². The SMILES string of the molecule is CC(CCNc1ccc[nH]1)N1CCNCC1. The first-order chi connectivity index (χ1) is 7.86. The van der Waals surface area contributed by atoms with Crippen LogP contribution < -0.4 is 10.6 Å². The molecule has 0 bridgehead atoms. The second-order valence-electron chi connectivity index (χ2n) is 4.43. The van der Waals surface area contributed by atoms with Gasteiger partial charge in [-0.15, -0.1) is 0 Å². The highest BCUT2D eigenvalue weighted by Crippen LogP contribution is 2.06. The second-order valence-corrected chi connectivity index (χ2v) is 4.43. The highest BCUT2D eigenvalue weighted by atomic mass is 15.2. The molecule has 0 radical (unpaired) electrons. The number of anilines is 1. The predicted molar refractivity (Wildman–Crippen MR) is 67.8 cm³/mol. The summed E-state index contributed by atoms with van der Waals surface area (Å²) in [7, 11) is 0. The van der Waals surface area contributed by atoms with Crippen molar-refractivity contribution in [2.24, 2.45) is 0 Å². The van der Waals surface area contributed by atoms with Crippen LogP contribution in [0.5, 0.6) is 0 Å². The Hall–Kier alpha value is -1.00. The van der Waals surface area contributed by atoms with Crippen LogP contribution in [0.15, 0.2) is 18.3 Å². The minimum atomic E-state index is 0.671. The van der Waals surface area contributed by atoms with E-state index in [9.17, 15) is 0 Å². The minimum Gasteiger partial charge on any atom is -0.372 e. The summed E-state index contributed by atoms with van der Waals surface area (Å²) in [5, 5.41) is 6.78. The van der Waals surface area contributed by atoms with Crippen LogP contribution in [0.25, 0.3) is 0 Å². The van der Waals surface area contributed by atoms with Gasteiger partial charge in [-0.2, -0.15) is 0 Å². The Morgan fingerprint density at radius 3 is 2.94 bits per heavy atom. The molecule has 3 N–H and O–H groups in total. The molecule has 1 atom stereocenters. The van der Waals surface area contributed by atoms with Crippen LogP contribution in [-0.2, 0) is 0 Å². The molecular weight excluding hydrogens is 200 g/mol. The van der Waals surface area contributed by atoms with Crippen molar-refractivity contribution in [3.05, 3.63) is 18.3 Å². The monoisotopic (exact) mass is 222 g/mol. The summed E-state index contributed by atoms with van der Waals surface area (Å²) >= 11 is 0. The van der Waals surface area contributed by atoms with Crippen molar-refractivity contribution in [3.8, 4) is 0 Å². The van der Waals surface area contributed by atoms with Crippen LogP contribution in [0.2, 0.25) is 0 Å². The van der Waals surface area contributed by atoms with Crippen LogP contribution in [0.1, 0.15) is 13.3 Å². The molecule has 4 nitrogen and oxygen atoms in total. The van der Waals surface area contributed by atoms with Gasteiger partial charge in [-0.3, -0.25) is 4.90 Å². The number of rotatable bonds is 5. The van der Waals surface area contributed by atoms with Crippen LogP contribution in [0.4, 0.5) is 5.82 Å². The molecule has 0 aliphatic carbocycles. The van der Waals surface area contributed by atoms with Crippen molar-refractivity contribution in [2.45, 2.75) is 19.4 Å². The Morgan fingerprint density at radius 1 is 1.44 bits per heavy atom. The summed E-state index contributed by atoms with van der Waals surface area (Å²) in [4.78, 5) is 5.72. The fourth-order valence-corrected chi connectivity index (χ4v) is 2.16. The number of H-pyrrole nitrogens is 1. The number of nitrogens with one attached hydrogen (secondary N) is 3. The molecule has 1 unspecified atom stereocenters. The summed E-state index contributed by atoms with van der Waals surface area (Å²) in [6.45, 7) is 7.99. The van der Waals surface area contributed by atoms with E-state index in [1.165, 1.54) is 19.5 Å². The maximum Gasteiger partial charge on any atom is 0.103 e. The third-order valence-electron chi connectivity index (χ3n) is 3.25. The molecule has 0 amide bonds. The van der Waals surface area contributed by atoms with Crippen molar-refractivity contribution >= 4 is 5.82 Å². The fraction of sp³-hybridized carbons (Fsp3) is 0.667. The molecular formula is C12H22N4. The van der Waals surface area contributed by atoms with Gasteiger partial charge in [0.05, 0.1) is 0 Å². The largest absolute Gasteiger partial charge is 0.372 e. The Morgan fingerprint density at radius 2 is 2.25 bits per heavy atom. The predicted octanol–water partition coefficient (Wildman–Crippen LogP) is 1.11. The molecule has 1 aliphatic rings. The first-order valence-electron chi connectivity index (χ1n) is 6.18. The zero-order chi connectivity index (χ0) is 11.2. The van der Waals surface area contributed by atoms with Gasteiger partial charge in [-0.25, -0.2) is 0 Å². The summed E-state index contributed by atoms with van der Waals surface area (Å²) in [6, 6.07) is 4.75. The molecule has 4 heteroatoms. The quantitative estimate of drug-likeness (QED) is 0.699. The van der Waals surface area contributed by atoms with E-state index in [2.05, 4.69) is 33.5 Å². The molecule has 0 saturated carbocycles. The molecule has 90 valence electrons. The standard InChI is InChI=1S/C12H22N4/c1-11(16-9-7-13-8-10-16)4-6-15-12-3-2-5-14-12/h2-3,5,11,13-15H,4,6-10H2,1H3. The van der Waals surface area contributed by atoms with Crippen LogP contribution in [-0.4, -0.2) is 48.6 Å². The van der Waals surface area contributed by atoms with E-state index in [-0.39, 0.29) is 0 Å². The zero-order valence-corrected chi connectivity index (χ0v) is 10.00. The number of piperazine rings is 1. The summed E-state index contributed by atoms with van der Waals surface area (Å²) < 4.78 is 0. The summed E-state index contributed by atoms with van der Waals surface area (Å²) in [6.07, 6.45) is 3.14. The number of hydrogen-bond donors (Lipinski definition) is 3. The molecule has 1 aromatic rings. The van der Waals surface area contributed by atoms with E-state index < -0.39 is 0 Å². The van der Waals surface area contributed by atoms with Crippen molar-refractivity contribution in [1.82, 2.24) is 15.2 Å². The molecule has 1 aliphatic heterocycles. The van der Waals surface area contributed by atoms with Crippen molar-refractivity contribution in [2.75, 3.05) is 38.0 Å². The van der Waals surface area contributed by atoms with Gasteiger partial charge in [0, 0.05) is 45.0 Å². The molecule has 1 fully saturated rings. The molecule has 1 aromatic heterocycles. The molecule has 1 saturated heterocycles. The van der Waals surface area contributed by atoms with Gasteiger partial charge in [-0.1, -0.05) is 0 Å². The van der Waals surface area contributed by atoms with Crippen LogP contribution >= 0.6 is 0 Å².